The predicted octanol–water partition coefficient (Wildman–Crippen LogP) is 1.01. The van der Waals surface area contributed by atoms with Crippen LogP contribution in [0.2, 0.25) is 0 Å². The first-order valence-electron chi connectivity index (χ1n) is 6.89. The van der Waals surface area contributed by atoms with Gasteiger partial charge in [0.25, 0.3) is 0 Å². The average Bonchev–Trinajstić information content (AvgIpc) is 2.29. The molecule has 2 unspecified atom stereocenters. The molecular formula is C13H27N3. The minimum atomic E-state index is 0.746. The maximum Gasteiger partial charge on any atom is 0.0195 e. The van der Waals surface area contributed by atoms with E-state index in [1.54, 1.807) is 0 Å². The molecule has 2 heterocycles. The number of likely N-dealkylation sites (N-methyl/N-ethyl adjacent to an activating group) is 1. The van der Waals surface area contributed by atoms with Gasteiger partial charge in [0, 0.05) is 25.7 Å². The van der Waals surface area contributed by atoms with E-state index in [4.69, 9.17) is 0 Å². The van der Waals surface area contributed by atoms with Crippen molar-refractivity contribution < 1.29 is 0 Å². The lowest BCUT2D eigenvalue weighted by atomic mass is 9.95. The van der Waals surface area contributed by atoms with E-state index in [2.05, 4.69) is 29.1 Å². The Balaban J connectivity index is 1.68. The van der Waals surface area contributed by atoms with Crippen LogP contribution in [0, 0.1) is 5.92 Å². The van der Waals surface area contributed by atoms with Gasteiger partial charge in [-0.1, -0.05) is 0 Å². The Morgan fingerprint density at radius 3 is 2.88 bits per heavy atom. The van der Waals surface area contributed by atoms with Gasteiger partial charge in [-0.15, -0.1) is 0 Å². The molecule has 1 N–H and O–H groups in total. The van der Waals surface area contributed by atoms with Crippen LogP contribution in [0.3, 0.4) is 0 Å². The van der Waals surface area contributed by atoms with E-state index < -0.39 is 0 Å². The summed E-state index contributed by atoms with van der Waals surface area (Å²) in [6, 6.07) is 0.746. The molecule has 0 amide bonds. The molecule has 2 saturated heterocycles. The standard InChI is InChI=1S/C13H27N3/c1-12-11-15(2)8-9-16(12)7-5-13-4-3-6-14-10-13/h12-14H,3-11H2,1-2H3. The molecule has 0 aromatic carbocycles. The zero-order valence-corrected chi connectivity index (χ0v) is 10.9. The third-order valence-corrected chi connectivity index (χ3v) is 4.19. The lowest BCUT2D eigenvalue weighted by Crippen LogP contribution is -2.51. The molecule has 0 bridgehead atoms. The summed E-state index contributed by atoms with van der Waals surface area (Å²) >= 11 is 0. The van der Waals surface area contributed by atoms with Crippen LogP contribution in [0.1, 0.15) is 26.2 Å². The fourth-order valence-corrected chi connectivity index (χ4v) is 3.03. The minimum absolute atomic E-state index is 0.746. The summed E-state index contributed by atoms with van der Waals surface area (Å²) in [5, 5.41) is 3.51. The number of nitrogens with zero attached hydrogens (tertiary/aromatic N) is 2. The molecule has 2 atom stereocenters. The van der Waals surface area contributed by atoms with Crippen LogP contribution in [-0.2, 0) is 0 Å². The minimum Gasteiger partial charge on any atom is -0.316 e. The molecule has 2 fully saturated rings. The second kappa shape index (κ2) is 5.99. The lowest BCUT2D eigenvalue weighted by molar-refractivity contribution is 0.0928. The van der Waals surface area contributed by atoms with Gasteiger partial charge >= 0.3 is 0 Å². The molecule has 0 aromatic heterocycles. The highest BCUT2D eigenvalue weighted by Gasteiger charge is 2.22. The highest BCUT2D eigenvalue weighted by atomic mass is 15.3. The highest BCUT2D eigenvalue weighted by Crippen LogP contribution is 2.16. The third-order valence-electron chi connectivity index (χ3n) is 4.19. The molecule has 94 valence electrons. The van der Waals surface area contributed by atoms with Gasteiger partial charge in [-0.25, -0.2) is 0 Å². The van der Waals surface area contributed by atoms with Crippen molar-refractivity contribution in [3.05, 3.63) is 0 Å². The smallest absolute Gasteiger partial charge is 0.0195 e. The fraction of sp³-hybridized carbons (Fsp3) is 1.00. The zero-order chi connectivity index (χ0) is 11.4. The first kappa shape index (κ1) is 12.3. The second-order valence-corrected chi connectivity index (χ2v) is 5.65. The topological polar surface area (TPSA) is 18.5 Å². The molecule has 0 spiro atoms. The van der Waals surface area contributed by atoms with Crippen molar-refractivity contribution in [3.63, 3.8) is 0 Å². The van der Waals surface area contributed by atoms with E-state index in [0.717, 1.165) is 12.0 Å². The molecule has 2 aliphatic rings. The molecule has 16 heavy (non-hydrogen) atoms. The Kier molecular flexibility index (Phi) is 4.62. The van der Waals surface area contributed by atoms with Crippen LogP contribution in [0.4, 0.5) is 0 Å². The summed E-state index contributed by atoms with van der Waals surface area (Å²) in [7, 11) is 2.24. The first-order valence-corrected chi connectivity index (χ1v) is 6.89. The Bertz CT molecular complexity index is 201. The van der Waals surface area contributed by atoms with Crippen molar-refractivity contribution in [1.29, 1.82) is 0 Å². The number of hydrogen-bond donors (Lipinski definition) is 1. The van der Waals surface area contributed by atoms with Crippen molar-refractivity contribution in [3.8, 4) is 0 Å². The van der Waals surface area contributed by atoms with E-state index in [0.29, 0.717) is 0 Å². The van der Waals surface area contributed by atoms with Gasteiger partial charge in [-0.2, -0.15) is 0 Å². The van der Waals surface area contributed by atoms with Crippen LogP contribution in [0.25, 0.3) is 0 Å². The number of piperazine rings is 1. The van der Waals surface area contributed by atoms with Crippen molar-refractivity contribution in [1.82, 2.24) is 15.1 Å². The highest BCUT2D eigenvalue weighted by molar-refractivity contribution is 4.79. The molecule has 2 aliphatic heterocycles. The number of rotatable bonds is 3. The molecule has 3 nitrogen and oxygen atoms in total. The normalized spacial score (nSPS) is 34.1. The Morgan fingerprint density at radius 2 is 2.19 bits per heavy atom. The van der Waals surface area contributed by atoms with Crippen LogP contribution in [-0.4, -0.2) is 62.2 Å². The van der Waals surface area contributed by atoms with Crippen LogP contribution >= 0.6 is 0 Å². The van der Waals surface area contributed by atoms with E-state index in [9.17, 15) is 0 Å². The zero-order valence-electron chi connectivity index (χ0n) is 10.9. The van der Waals surface area contributed by atoms with E-state index in [1.165, 1.54) is 58.5 Å². The molecule has 0 aliphatic carbocycles. The van der Waals surface area contributed by atoms with Crippen molar-refractivity contribution >= 4 is 0 Å². The molecule has 3 heteroatoms. The summed E-state index contributed by atoms with van der Waals surface area (Å²) in [5.74, 6) is 0.931. The summed E-state index contributed by atoms with van der Waals surface area (Å²) in [5.41, 5.74) is 0. The van der Waals surface area contributed by atoms with E-state index in [-0.39, 0.29) is 0 Å². The quantitative estimate of drug-likeness (QED) is 0.773. The molecule has 0 aromatic rings. The monoisotopic (exact) mass is 225 g/mol. The van der Waals surface area contributed by atoms with E-state index >= 15 is 0 Å². The largest absolute Gasteiger partial charge is 0.316 e. The average molecular weight is 225 g/mol. The van der Waals surface area contributed by atoms with Gasteiger partial charge in [-0.3, -0.25) is 4.90 Å². The molecule has 0 radical (unpaired) electrons. The van der Waals surface area contributed by atoms with Crippen molar-refractivity contribution in [2.45, 2.75) is 32.2 Å². The first-order chi connectivity index (χ1) is 7.75. The SMILES string of the molecule is CC1CN(C)CCN1CCC1CCCNC1. The predicted molar refractivity (Wildman–Crippen MR) is 68.7 cm³/mol. The molecule has 0 saturated carbocycles. The Morgan fingerprint density at radius 1 is 1.31 bits per heavy atom. The van der Waals surface area contributed by atoms with Crippen LogP contribution in [0.5, 0.6) is 0 Å². The number of piperidine rings is 1. The summed E-state index contributed by atoms with van der Waals surface area (Å²) in [6.07, 6.45) is 4.21. The molecular weight excluding hydrogens is 198 g/mol. The summed E-state index contributed by atoms with van der Waals surface area (Å²) in [4.78, 5) is 5.12. The van der Waals surface area contributed by atoms with Gasteiger partial charge < -0.3 is 10.2 Å². The fourth-order valence-electron chi connectivity index (χ4n) is 3.03. The second-order valence-electron chi connectivity index (χ2n) is 5.65. The van der Waals surface area contributed by atoms with E-state index in [1.807, 2.05) is 0 Å². The lowest BCUT2D eigenvalue weighted by Gasteiger charge is -2.39. The Labute approximate surface area is 100 Å². The van der Waals surface area contributed by atoms with Gasteiger partial charge in [-0.05, 0) is 58.8 Å². The third kappa shape index (κ3) is 3.44. The van der Waals surface area contributed by atoms with Crippen molar-refractivity contribution in [2.24, 2.45) is 5.92 Å². The summed E-state index contributed by atoms with van der Waals surface area (Å²) < 4.78 is 0. The summed E-state index contributed by atoms with van der Waals surface area (Å²) in [6.45, 7) is 9.91. The van der Waals surface area contributed by atoms with Crippen LogP contribution < -0.4 is 5.32 Å². The van der Waals surface area contributed by atoms with Gasteiger partial charge in [0.15, 0.2) is 0 Å². The number of hydrogen-bond acceptors (Lipinski definition) is 3. The maximum atomic E-state index is 3.51. The Hall–Kier alpha value is -0.120. The van der Waals surface area contributed by atoms with Crippen molar-refractivity contribution in [2.75, 3.05) is 46.3 Å². The van der Waals surface area contributed by atoms with Gasteiger partial charge in [0.05, 0.1) is 0 Å². The molecule has 2 rings (SSSR count). The maximum absolute atomic E-state index is 3.51. The number of nitrogens with one attached hydrogen (secondary N) is 1. The van der Waals surface area contributed by atoms with Gasteiger partial charge in [0.2, 0.25) is 0 Å². The van der Waals surface area contributed by atoms with Gasteiger partial charge in [0.1, 0.15) is 0 Å². The van der Waals surface area contributed by atoms with Crippen LogP contribution in [0.15, 0.2) is 0 Å².